The molecule has 0 saturated heterocycles. The molecule has 0 radical (unpaired) electrons. The van der Waals surface area contributed by atoms with Crippen LogP contribution in [0.2, 0.25) is 0 Å². The monoisotopic (exact) mass is 263 g/mol. The van der Waals surface area contributed by atoms with Gasteiger partial charge in [0.15, 0.2) is 0 Å². The Morgan fingerprint density at radius 3 is 2.94 bits per heavy atom. The van der Waals surface area contributed by atoms with Crippen molar-refractivity contribution < 1.29 is 9.53 Å². The number of para-hydroxylation sites is 2. The number of nitrogens with two attached hydrogens (primary N) is 1. The van der Waals surface area contributed by atoms with E-state index < -0.39 is 0 Å². The van der Waals surface area contributed by atoms with Gasteiger partial charge in [-0.1, -0.05) is 12.1 Å². The largest absolute Gasteiger partial charge is 0.495 e. The van der Waals surface area contributed by atoms with E-state index in [2.05, 4.69) is 10.3 Å². The smallest absolute Gasteiger partial charge is 0.275 e. The lowest BCUT2D eigenvalue weighted by molar-refractivity contribution is 0.102. The van der Waals surface area contributed by atoms with Crippen molar-refractivity contribution >= 4 is 22.9 Å². The molecule has 1 amide bonds. The van der Waals surface area contributed by atoms with Crippen molar-refractivity contribution in [1.82, 2.24) is 4.98 Å². The predicted octanol–water partition coefficient (Wildman–Crippen LogP) is 1.86. The molecule has 0 spiro atoms. The van der Waals surface area contributed by atoms with E-state index in [4.69, 9.17) is 10.5 Å². The summed E-state index contributed by atoms with van der Waals surface area (Å²) in [5, 5.41) is 5.18. The maximum atomic E-state index is 11.9. The maximum Gasteiger partial charge on any atom is 0.275 e. The fourth-order valence-electron chi connectivity index (χ4n) is 1.44. The molecule has 1 heterocycles. The summed E-state index contributed by atoms with van der Waals surface area (Å²) in [5.74, 6) is 0.343. The van der Waals surface area contributed by atoms with Gasteiger partial charge in [-0.25, -0.2) is 4.98 Å². The van der Waals surface area contributed by atoms with Crippen molar-refractivity contribution in [2.45, 2.75) is 6.54 Å². The number of thiazole rings is 1. The van der Waals surface area contributed by atoms with E-state index in [9.17, 15) is 4.79 Å². The van der Waals surface area contributed by atoms with Crippen LogP contribution in [0.4, 0.5) is 5.69 Å². The van der Waals surface area contributed by atoms with E-state index in [-0.39, 0.29) is 5.91 Å². The van der Waals surface area contributed by atoms with E-state index in [1.165, 1.54) is 11.3 Å². The Morgan fingerprint density at radius 1 is 1.50 bits per heavy atom. The molecule has 0 unspecified atom stereocenters. The molecule has 3 N–H and O–H groups in total. The normalized spacial score (nSPS) is 10.1. The minimum absolute atomic E-state index is 0.268. The molecule has 2 aromatic rings. The Hall–Kier alpha value is -1.92. The van der Waals surface area contributed by atoms with Crippen LogP contribution in [0.15, 0.2) is 29.6 Å². The minimum Gasteiger partial charge on any atom is -0.495 e. The number of rotatable bonds is 4. The number of nitrogens with zero attached hydrogens (tertiary/aromatic N) is 1. The van der Waals surface area contributed by atoms with Gasteiger partial charge < -0.3 is 15.8 Å². The van der Waals surface area contributed by atoms with Gasteiger partial charge in [0, 0.05) is 11.9 Å². The number of benzene rings is 1. The van der Waals surface area contributed by atoms with E-state index in [1.54, 1.807) is 24.6 Å². The molecular formula is C12H13N3O2S. The average Bonchev–Trinajstić information content (AvgIpc) is 2.88. The third-order valence-electron chi connectivity index (χ3n) is 2.31. The summed E-state index contributed by atoms with van der Waals surface area (Å²) in [6.07, 6.45) is 0. The molecular weight excluding hydrogens is 250 g/mol. The second-order valence-electron chi connectivity index (χ2n) is 3.49. The van der Waals surface area contributed by atoms with Crippen LogP contribution >= 0.6 is 11.3 Å². The number of anilines is 1. The molecule has 0 aliphatic rings. The third-order valence-corrected chi connectivity index (χ3v) is 3.19. The second-order valence-corrected chi connectivity index (χ2v) is 4.43. The molecule has 0 aliphatic heterocycles. The van der Waals surface area contributed by atoms with Gasteiger partial charge in [-0.15, -0.1) is 11.3 Å². The number of carbonyl (C=O) groups is 1. The fourth-order valence-corrected chi connectivity index (χ4v) is 2.10. The Balaban J connectivity index is 2.16. The van der Waals surface area contributed by atoms with Crippen molar-refractivity contribution in [1.29, 1.82) is 0 Å². The highest BCUT2D eigenvalue weighted by molar-refractivity contribution is 7.09. The van der Waals surface area contributed by atoms with Crippen LogP contribution in [0.3, 0.4) is 0 Å². The second kappa shape index (κ2) is 5.61. The van der Waals surface area contributed by atoms with E-state index in [0.29, 0.717) is 23.7 Å². The Kier molecular flexibility index (Phi) is 3.91. The van der Waals surface area contributed by atoms with Gasteiger partial charge in [0.2, 0.25) is 0 Å². The molecule has 0 fully saturated rings. The first kappa shape index (κ1) is 12.5. The topological polar surface area (TPSA) is 77.2 Å². The summed E-state index contributed by atoms with van der Waals surface area (Å²) in [6, 6.07) is 7.21. The van der Waals surface area contributed by atoms with Crippen molar-refractivity contribution in [3.8, 4) is 5.75 Å². The maximum absolute atomic E-state index is 11.9. The number of methoxy groups -OCH3 is 1. The molecule has 0 aliphatic carbocycles. The molecule has 0 atom stereocenters. The Morgan fingerprint density at radius 2 is 2.28 bits per heavy atom. The first-order valence-corrected chi connectivity index (χ1v) is 6.21. The number of hydrogen-bond acceptors (Lipinski definition) is 5. The summed E-state index contributed by atoms with van der Waals surface area (Å²) >= 11 is 1.37. The summed E-state index contributed by atoms with van der Waals surface area (Å²) < 4.78 is 5.16. The first-order chi connectivity index (χ1) is 8.74. The SMILES string of the molecule is COc1ccccc1NC(=O)c1csc(CN)n1. The fraction of sp³-hybridized carbons (Fsp3) is 0.167. The van der Waals surface area contributed by atoms with Crippen LogP contribution in [-0.4, -0.2) is 18.0 Å². The summed E-state index contributed by atoms with van der Waals surface area (Å²) in [4.78, 5) is 16.1. The number of ether oxygens (including phenoxy) is 1. The molecule has 1 aromatic heterocycles. The van der Waals surface area contributed by atoms with Gasteiger partial charge in [-0.05, 0) is 12.1 Å². The summed E-state index contributed by atoms with van der Waals surface area (Å²) in [6.45, 7) is 0.340. The molecule has 0 bridgehead atoms. The van der Waals surface area contributed by atoms with Crippen molar-refractivity contribution in [3.05, 3.63) is 40.3 Å². The lowest BCUT2D eigenvalue weighted by Gasteiger charge is -2.08. The van der Waals surface area contributed by atoms with Crippen molar-refractivity contribution in [2.24, 2.45) is 5.73 Å². The van der Waals surface area contributed by atoms with Gasteiger partial charge >= 0.3 is 0 Å². The predicted molar refractivity (Wildman–Crippen MR) is 71.0 cm³/mol. The number of amides is 1. The van der Waals surface area contributed by atoms with Gasteiger partial charge in [0.05, 0.1) is 12.8 Å². The van der Waals surface area contributed by atoms with E-state index >= 15 is 0 Å². The molecule has 2 rings (SSSR count). The highest BCUT2D eigenvalue weighted by Crippen LogP contribution is 2.23. The van der Waals surface area contributed by atoms with E-state index in [0.717, 1.165) is 5.01 Å². The van der Waals surface area contributed by atoms with Gasteiger partial charge in [-0.3, -0.25) is 4.79 Å². The van der Waals surface area contributed by atoms with Gasteiger partial charge in [-0.2, -0.15) is 0 Å². The first-order valence-electron chi connectivity index (χ1n) is 5.33. The third kappa shape index (κ3) is 2.66. The Labute approximate surface area is 109 Å². The molecule has 5 nitrogen and oxygen atoms in total. The zero-order valence-electron chi connectivity index (χ0n) is 9.84. The summed E-state index contributed by atoms with van der Waals surface area (Å²) in [7, 11) is 1.56. The summed E-state index contributed by atoms with van der Waals surface area (Å²) in [5.41, 5.74) is 6.44. The number of hydrogen-bond donors (Lipinski definition) is 2. The Bertz CT molecular complexity index is 554. The molecule has 0 saturated carbocycles. The number of carbonyl (C=O) groups excluding carboxylic acids is 1. The molecule has 94 valence electrons. The molecule has 6 heteroatoms. The van der Waals surface area contributed by atoms with Crippen LogP contribution < -0.4 is 15.8 Å². The average molecular weight is 263 g/mol. The standard InChI is InChI=1S/C12H13N3O2S/c1-17-10-5-3-2-4-8(10)15-12(16)9-7-18-11(6-13)14-9/h2-5,7H,6,13H2,1H3,(H,15,16). The van der Waals surface area contributed by atoms with Gasteiger partial charge in [0.1, 0.15) is 16.5 Å². The van der Waals surface area contributed by atoms with Gasteiger partial charge in [0.25, 0.3) is 5.91 Å². The zero-order valence-corrected chi connectivity index (χ0v) is 10.7. The molecule has 1 aromatic carbocycles. The van der Waals surface area contributed by atoms with Crippen LogP contribution in [-0.2, 0) is 6.54 Å². The van der Waals surface area contributed by atoms with Crippen LogP contribution in [0.1, 0.15) is 15.5 Å². The van der Waals surface area contributed by atoms with E-state index in [1.807, 2.05) is 12.1 Å². The van der Waals surface area contributed by atoms with Crippen LogP contribution in [0, 0.1) is 0 Å². The lowest BCUT2D eigenvalue weighted by Crippen LogP contribution is -2.13. The van der Waals surface area contributed by atoms with Crippen molar-refractivity contribution in [2.75, 3.05) is 12.4 Å². The quantitative estimate of drug-likeness (QED) is 0.882. The highest BCUT2D eigenvalue weighted by Gasteiger charge is 2.12. The number of nitrogens with one attached hydrogen (secondary N) is 1. The van der Waals surface area contributed by atoms with Crippen molar-refractivity contribution in [3.63, 3.8) is 0 Å². The minimum atomic E-state index is -0.268. The zero-order chi connectivity index (χ0) is 13.0. The van der Waals surface area contributed by atoms with Crippen LogP contribution in [0.5, 0.6) is 5.75 Å². The number of aromatic nitrogens is 1. The molecule has 18 heavy (non-hydrogen) atoms. The van der Waals surface area contributed by atoms with Crippen LogP contribution in [0.25, 0.3) is 0 Å². The highest BCUT2D eigenvalue weighted by atomic mass is 32.1. The lowest BCUT2D eigenvalue weighted by atomic mass is 10.3.